The lowest BCUT2D eigenvalue weighted by atomic mass is 10.2. The van der Waals surface area contributed by atoms with Crippen LogP contribution in [0, 0.1) is 5.82 Å². The van der Waals surface area contributed by atoms with Crippen LogP contribution in [0.15, 0.2) is 38.6 Å². The van der Waals surface area contributed by atoms with Crippen LogP contribution in [-0.2, 0) is 0 Å². The molecule has 0 amide bonds. The van der Waals surface area contributed by atoms with Crippen molar-refractivity contribution >= 4 is 23.6 Å². The second-order valence-electron chi connectivity index (χ2n) is 2.55. The Labute approximate surface area is 78.4 Å². The first-order valence-corrected chi connectivity index (χ1v) is 4.05. The zero-order valence-corrected chi connectivity index (χ0v) is 7.35. The van der Waals surface area contributed by atoms with Gasteiger partial charge in [-0.15, -0.1) is 12.6 Å². The SMILES string of the molecule is O=c1c(F)c(S)oc2ccccc12. The number of thiol groups is 1. The van der Waals surface area contributed by atoms with Crippen LogP contribution >= 0.6 is 12.6 Å². The van der Waals surface area contributed by atoms with E-state index in [0.29, 0.717) is 5.58 Å². The number of halogens is 1. The molecule has 2 rings (SSSR count). The van der Waals surface area contributed by atoms with Crippen molar-refractivity contribution in [3.05, 3.63) is 40.3 Å². The molecule has 2 nitrogen and oxygen atoms in total. The number of benzene rings is 1. The van der Waals surface area contributed by atoms with Gasteiger partial charge in [0.15, 0.2) is 5.09 Å². The molecule has 1 aromatic carbocycles. The molecule has 0 radical (unpaired) electrons. The second kappa shape index (κ2) is 2.88. The molecule has 66 valence electrons. The third-order valence-electron chi connectivity index (χ3n) is 1.73. The van der Waals surface area contributed by atoms with E-state index in [1.807, 2.05) is 0 Å². The van der Waals surface area contributed by atoms with Crippen LogP contribution in [0.1, 0.15) is 0 Å². The van der Waals surface area contributed by atoms with Crippen LogP contribution in [0.25, 0.3) is 11.0 Å². The van der Waals surface area contributed by atoms with E-state index in [0.717, 1.165) is 0 Å². The lowest BCUT2D eigenvalue weighted by Gasteiger charge is -1.97. The summed E-state index contributed by atoms with van der Waals surface area (Å²) in [5.74, 6) is -0.943. The van der Waals surface area contributed by atoms with E-state index in [2.05, 4.69) is 12.6 Å². The molecule has 1 aromatic heterocycles. The van der Waals surface area contributed by atoms with Crippen molar-refractivity contribution in [3.63, 3.8) is 0 Å². The summed E-state index contributed by atoms with van der Waals surface area (Å²) in [4.78, 5) is 11.3. The summed E-state index contributed by atoms with van der Waals surface area (Å²) >= 11 is 3.70. The summed E-state index contributed by atoms with van der Waals surface area (Å²) in [5.41, 5.74) is -0.328. The molecule has 0 N–H and O–H groups in total. The Morgan fingerprint density at radius 2 is 2.00 bits per heavy atom. The number of hydrogen-bond donors (Lipinski definition) is 1. The Hall–Kier alpha value is -1.29. The molecule has 4 heteroatoms. The molecule has 13 heavy (non-hydrogen) atoms. The molecule has 2 aromatic rings. The lowest BCUT2D eigenvalue weighted by molar-refractivity contribution is 0.427. The molecule has 0 aliphatic heterocycles. The third kappa shape index (κ3) is 1.23. The van der Waals surface area contributed by atoms with Crippen molar-refractivity contribution in [2.75, 3.05) is 0 Å². The predicted molar refractivity (Wildman–Crippen MR) is 49.7 cm³/mol. The molecule has 1 heterocycles. The van der Waals surface area contributed by atoms with Crippen LogP contribution in [0.4, 0.5) is 4.39 Å². The molecule has 0 unspecified atom stereocenters. The van der Waals surface area contributed by atoms with Gasteiger partial charge in [-0.3, -0.25) is 4.79 Å². The summed E-state index contributed by atoms with van der Waals surface area (Å²) in [6.07, 6.45) is 0. The molecule has 0 saturated carbocycles. The number of fused-ring (bicyclic) bond motifs is 1. The zero-order valence-electron chi connectivity index (χ0n) is 6.45. The van der Waals surface area contributed by atoms with Crippen LogP contribution in [0.2, 0.25) is 0 Å². The maximum Gasteiger partial charge on any atom is 0.229 e. The van der Waals surface area contributed by atoms with Crippen molar-refractivity contribution in [2.45, 2.75) is 5.09 Å². The topological polar surface area (TPSA) is 30.2 Å². The largest absolute Gasteiger partial charge is 0.447 e. The van der Waals surface area contributed by atoms with Crippen molar-refractivity contribution in [1.82, 2.24) is 0 Å². The van der Waals surface area contributed by atoms with Crippen molar-refractivity contribution in [3.8, 4) is 0 Å². The van der Waals surface area contributed by atoms with E-state index in [1.54, 1.807) is 18.2 Å². The molecule has 0 bridgehead atoms. The van der Waals surface area contributed by atoms with E-state index in [4.69, 9.17) is 4.42 Å². The quantitative estimate of drug-likeness (QED) is 0.655. The average Bonchev–Trinajstić information content (AvgIpc) is 2.15. The summed E-state index contributed by atoms with van der Waals surface area (Å²) in [7, 11) is 0. The van der Waals surface area contributed by atoms with Gasteiger partial charge in [-0.2, -0.15) is 4.39 Å². The van der Waals surface area contributed by atoms with E-state index >= 15 is 0 Å². The minimum absolute atomic E-state index is 0.234. The first-order chi connectivity index (χ1) is 6.20. The van der Waals surface area contributed by atoms with Gasteiger partial charge in [0.2, 0.25) is 11.2 Å². The number of para-hydroxylation sites is 1. The highest BCUT2D eigenvalue weighted by Gasteiger charge is 2.09. The van der Waals surface area contributed by atoms with E-state index < -0.39 is 11.2 Å². The standard InChI is InChI=1S/C9H5FO2S/c10-7-8(11)5-3-1-2-4-6(5)12-9(7)13/h1-4,13H. The molecular formula is C9H5FO2S. The van der Waals surface area contributed by atoms with Crippen LogP contribution < -0.4 is 5.43 Å². The first kappa shape index (κ1) is 8.31. The molecule has 0 aliphatic carbocycles. The monoisotopic (exact) mass is 196 g/mol. The second-order valence-corrected chi connectivity index (χ2v) is 2.95. The minimum Gasteiger partial charge on any atom is -0.447 e. The van der Waals surface area contributed by atoms with Gasteiger partial charge in [0, 0.05) is 0 Å². The van der Waals surface area contributed by atoms with Crippen molar-refractivity contribution in [2.24, 2.45) is 0 Å². The average molecular weight is 196 g/mol. The fourth-order valence-corrected chi connectivity index (χ4v) is 1.31. The highest BCUT2D eigenvalue weighted by molar-refractivity contribution is 7.80. The smallest absolute Gasteiger partial charge is 0.229 e. The summed E-state index contributed by atoms with van der Waals surface area (Å²) in [5, 5.41) is -0.0403. The zero-order chi connectivity index (χ0) is 9.42. The fourth-order valence-electron chi connectivity index (χ4n) is 1.11. The van der Waals surface area contributed by atoms with Crippen LogP contribution in [0.3, 0.4) is 0 Å². The van der Waals surface area contributed by atoms with Crippen LogP contribution in [0.5, 0.6) is 0 Å². The molecule has 0 fully saturated rings. The number of hydrogen-bond acceptors (Lipinski definition) is 3. The Bertz CT molecular complexity index is 518. The summed E-state index contributed by atoms with van der Waals surface area (Å²) in [6.45, 7) is 0. The Morgan fingerprint density at radius 1 is 1.31 bits per heavy atom. The minimum atomic E-state index is -0.943. The summed E-state index contributed by atoms with van der Waals surface area (Å²) in [6, 6.07) is 6.46. The Morgan fingerprint density at radius 3 is 2.77 bits per heavy atom. The van der Waals surface area contributed by atoms with E-state index in [1.165, 1.54) is 6.07 Å². The van der Waals surface area contributed by atoms with E-state index in [9.17, 15) is 9.18 Å². The van der Waals surface area contributed by atoms with Gasteiger partial charge in [-0.05, 0) is 12.1 Å². The Kier molecular flexibility index (Phi) is 1.84. The van der Waals surface area contributed by atoms with Gasteiger partial charge in [-0.25, -0.2) is 0 Å². The van der Waals surface area contributed by atoms with Crippen molar-refractivity contribution in [1.29, 1.82) is 0 Å². The molecule has 0 aliphatic rings. The molecule has 0 spiro atoms. The molecule has 0 atom stereocenters. The fraction of sp³-hybridized carbons (Fsp3) is 0. The highest BCUT2D eigenvalue weighted by Crippen LogP contribution is 2.16. The molecular weight excluding hydrogens is 191 g/mol. The van der Waals surface area contributed by atoms with Crippen molar-refractivity contribution < 1.29 is 8.81 Å². The van der Waals surface area contributed by atoms with Gasteiger partial charge >= 0.3 is 0 Å². The molecule has 0 saturated heterocycles. The maximum atomic E-state index is 13.0. The van der Waals surface area contributed by atoms with Crippen LogP contribution in [-0.4, -0.2) is 0 Å². The van der Waals surface area contributed by atoms with Gasteiger partial charge in [-0.1, -0.05) is 12.1 Å². The highest BCUT2D eigenvalue weighted by atomic mass is 32.1. The Balaban J connectivity index is 3.03. The number of rotatable bonds is 0. The van der Waals surface area contributed by atoms with Gasteiger partial charge < -0.3 is 4.42 Å². The van der Waals surface area contributed by atoms with Gasteiger partial charge in [0.1, 0.15) is 5.58 Å². The van der Waals surface area contributed by atoms with Gasteiger partial charge in [0.25, 0.3) is 0 Å². The lowest BCUT2D eigenvalue weighted by Crippen LogP contribution is -2.06. The van der Waals surface area contributed by atoms with Gasteiger partial charge in [0.05, 0.1) is 5.39 Å². The maximum absolute atomic E-state index is 13.0. The van der Waals surface area contributed by atoms with E-state index in [-0.39, 0.29) is 10.5 Å². The predicted octanol–water partition coefficient (Wildman–Crippen LogP) is 2.22. The third-order valence-corrected chi connectivity index (χ3v) is 2.01. The normalized spacial score (nSPS) is 10.6. The summed E-state index contributed by atoms with van der Waals surface area (Å²) < 4.78 is 17.9. The first-order valence-electron chi connectivity index (χ1n) is 3.60.